The Morgan fingerprint density at radius 1 is 1.14 bits per heavy atom. The van der Waals surface area contributed by atoms with E-state index in [1.165, 1.54) is 6.07 Å². The van der Waals surface area contributed by atoms with E-state index in [4.69, 9.17) is 4.74 Å². The molecule has 0 amide bonds. The minimum absolute atomic E-state index is 0.177. The van der Waals surface area contributed by atoms with Crippen LogP contribution in [0.5, 0.6) is 0 Å². The van der Waals surface area contributed by atoms with Crippen LogP contribution in [-0.4, -0.2) is 36.8 Å². The fourth-order valence-electron chi connectivity index (χ4n) is 1.83. The van der Waals surface area contributed by atoms with Gasteiger partial charge in [-0.2, -0.15) is 4.98 Å². The zero-order valence-electron chi connectivity index (χ0n) is 12.0. The highest BCUT2D eigenvalue weighted by atomic mass is 19.1. The van der Waals surface area contributed by atoms with E-state index in [2.05, 4.69) is 20.6 Å². The fourth-order valence-corrected chi connectivity index (χ4v) is 1.83. The normalized spacial score (nSPS) is 10.4. The van der Waals surface area contributed by atoms with Crippen molar-refractivity contribution in [2.75, 3.05) is 37.4 Å². The standard InChI is InChI=1S/C15H19FN4O/c1-21-11-10-19-15-18-9-7-14(20-15)17-8-6-12-4-2-3-5-13(12)16/h2-5,7,9H,6,8,10-11H2,1H3,(H2,17,18,19,20). The van der Waals surface area contributed by atoms with Crippen molar-refractivity contribution < 1.29 is 9.13 Å². The van der Waals surface area contributed by atoms with Crippen LogP contribution < -0.4 is 10.6 Å². The third-order valence-electron chi connectivity index (χ3n) is 2.90. The number of aromatic nitrogens is 2. The number of hydrogen-bond donors (Lipinski definition) is 2. The molecule has 5 nitrogen and oxygen atoms in total. The van der Waals surface area contributed by atoms with Gasteiger partial charge in [-0.05, 0) is 24.1 Å². The van der Waals surface area contributed by atoms with E-state index in [0.29, 0.717) is 43.4 Å². The Morgan fingerprint density at radius 3 is 2.81 bits per heavy atom. The van der Waals surface area contributed by atoms with Gasteiger partial charge in [0.2, 0.25) is 5.95 Å². The summed E-state index contributed by atoms with van der Waals surface area (Å²) in [5.41, 5.74) is 0.692. The molecule has 0 fully saturated rings. The fraction of sp³-hybridized carbons (Fsp3) is 0.333. The first-order chi connectivity index (χ1) is 10.3. The molecule has 0 radical (unpaired) electrons. The molecule has 0 aliphatic carbocycles. The lowest BCUT2D eigenvalue weighted by molar-refractivity contribution is 0.210. The van der Waals surface area contributed by atoms with Gasteiger partial charge in [-0.3, -0.25) is 0 Å². The zero-order valence-corrected chi connectivity index (χ0v) is 12.0. The highest BCUT2D eigenvalue weighted by Crippen LogP contribution is 2.09. The summed E-state index contributed by atoms with van der Waals surface area (Å²) in [6, 6.07) is 8.56. The topological polar surface area (TPSA) is 59.1 Å². The van der Waals surface area contributed by atoms with E-state index in [9.17, 15) is 4.39 Å². The SMILES string of the molecule is COCCNc1nccc(NCCc2ccccc2F)n1. The number of hydrogen-bond acceptors (Lipinski definition) is 5. The van der Waals surface area contributed by atoms with Crippen LogP contribution in [0.25, 0.3) is 0 Å². The third kappa shape index (κ3) is 5.00. The maximum Gasteiger partial charge on any atom is 0.224 e. The minimum Gasteiger partial charge on any atom is -0.383 e. The smallest absolute Gasteiger partial charge is 0.224 e. The molecule has 2 aromatic rings. The first kappa shape index (κ1) is 15.2. The summed E-state index contributed by atoms with van der Waals surface area (Å²) < 4.78 is 18.4. The Bertz CT molecular complexity index is 565. The van der Waals surface area contributed by atoms with E-state index in [0.717, 1.165) is 0 Å². The van der Waals surface area contributed by atoms with Crippen molar-refractivity contribution in [2.45, 2.75) is 6.42 Å². The quantitative estimate of drug-likeness (QED) is 0.731. The number of anilines is 2. The molecule has 1 heterocycles. The molecule has 2 N–H and O–H groups in total. The summed E-state index contributed by atoms with van der Waals surface area (Å²) in [5, 5.41) is 6.22. The Hall–Kier alpha value is -2.21. The minimum atomic E-state index is -0.177. The molecule has 0 atom stereocenters. The van der Waals surface area contributed by atoms with Crippen molar-refractivity contribution in [1.29, 1.82) is 0 Å². The monoisotopic (exact) mass is 290 g/mol. The van der Waals surface area contributed by atoms with Gasteiger partial charge in [0, 0.05) is 26.4 Å². The van der Waals surface area contributed by atoms with Crippen molar-refractivity contribution in [3.63, 3.8) is 0 Å². The van der Waals surface area contributed by atoms with Crippen molar-refractivity contribution in [2.24, 2.45) is 0 Å². The average Bonchev–Trinajstić information content (AvgIpc) is 2.50. The van der Waals surface area contributed by atoms with Gasteiger partial charge in [-0.15, -0.1) is 0 Å². The summed E-state index contributed by atoms with van der Waals surface area (Å²) in [6.07, 6.45) is 2.27. The van der Waals surface area contributed by atoms with Crippen LogP contribution in [0, 0.1) is 5.82 Å². The van der Waals surface area contributed by atoms with Gasteiger partial charge in [-0.1, -0.05) is 18.2 Å². The van der Waals surface area contributed by atoms with Gasteiger partial charge >= 0.3 is 0 Å². The van der Waals surface area contributed by atoms with E-state index < -0.39 is 0 Å². The summed E-state index contributed by atoms with van der Waals surface area (Å²) >= 11 is 0. The Labute approximate surface area is 123 Å². The Kier molecular flexibility index (Phi) is 5.90. The van der Waals surface area contributed by atoms with Gasteiger partial charge in [0.15, 0.2) is 0 Å². The average molecular weight is 290 g/mol. The second-order valence-corrected chi connectivity index (χ2v) is 4.45. The van der Waals surface area contributed by atoms with Crippen LogP contribution in [0.15, 0.2) is 36.5 Å². The van der Waals surface area contributed by atoms with E-state index in [1.807, 2.05) is 6.07 Å². The summed E-state index contributed by atoms with van der Waals surface area (Å²) in [7, 11) is 1.64. The number of halogens is 1. The molecule has 0 unspecified atom stereocenters. The van der Waals surface area contributed by atoms with Gasteiger partial charge in [0.05, 0.1) is 6.61 Å². The predicted molar refractivity (Wildman–Crippen MR) is 81.0 cm³/mol. The lowest BCUT2D eigenvalue weighted by Crippen LogP contribution is -2.12. The Morgan fingerprint density at radius 2 is 2.00 bits per heavy atom. The molecule has 0 spiro atoms. The maximum atomic E-state index is 13.5. The summed E-state index contributed by atoms with van der Waals surface area (Å²) in [5.74, 6) is 1.08. The number of nitrogens with one attached hydrogen (secondary N) is 2. The van der Waals surface area contributed by atoms with Gasteiger partial charge < -0.3 is 15.4 Å². The van der Waals surface area contributed by atoms with Crippen LogP contribution in [-0.2, 0) is 11.2 Å². The molecule has 0 bridgehead atoms. The van der Waals surface area contributed by atoms with E-state index in [1.54, 1.807) is 31.5 Å². The number of rotatable bonds is 8. The molecular formula is C15H19FN4O. The van der Waals surface area contributed by atoms with Crippen LogP contribution in [0.1, 0.15) is 5.56 Å². The number of benzene rings is 1. The van der Waals surface area contributed by atoms with E-state index >= 15 is 0 Å². The molecule has 1 aromatic carbocycles. The van der Waals surface area contributed by atoms with Crippen molar-refractivity contribution >= 4 is 11.8 Å². The summed E-state index contributed by atoms with van der Waals surface area (Å²) in [4.78, 5) is 8.43. The second kappa shape index (κ2) is 8.16. The molecule has 0 aliphatic rings. The van der Waals surface area contributed by atoms with Crippen LogP contribution in [0.3, 0.4) is 0 Å². The van der Waals surface area contributed by atoms with E-state index in [-0.39, 0.29) is 5.82 Å². The van der Waals surface area contributed by atoms with Crippen molar-refractivity contribution in [3.05, 3.63) is 47.9 Å². The third-order valence-corrected chi connectivity index (χ3v) is 2.90. The number of ether oxygens (including phenoxy) is 1. The van der Waals surface area contributed by atoms with Crippen LogP contribution in [0.2, 0.25) is 0 Å². The zero-order chi connectivity index (χ0) is 14.9. The molecule has 0 aliphatic heterocycles. The maximum absolute atomic E-state index is 13.5. The molecular weight excluding hydrogens is 271 g/mol. The number of methoxy groups -OCH3 is 1. The lowest BCUT2D eigenvalue weighted by Gasteiger charge is -2.08. The van der Waals surface area contributed by atoms with Crippen molar-refractivity contribution in [1.82, 2.24) is 9.97 Å². The molecule has 2 rings (SSSR count). The highest BCUT2D eigenvalue weighted by Gasteiger charge is 2.01. The molecule has 0 saturated carbocycles. The Balaban J connectivity index is 1.83. The van der Waals surface area contributed by atoms with Gasteiger partial charge in [-0.25, -0.2) is 9.37 Å². The molecule has 21 heavy (non-hydrogen) atoms. The van der Waals surface area contributed by atoms with Crippen molar-refractivity contribution in [3.8, 4) is 0 Å². The highest BCUT2D eigenvalue weighted by molar-refractivity contribution is 5.39. The van der Waals surface area contributed by atoms with Crippen LogP contribution >= 0.6 is 0 Å². The molecule has 1 aromatic heterocycles. The first-order valence-electron chi connectivity index (χ1n) is 6.82. The number of nitrogens with zero attached hydrogens (tertiary/aromatic N) is 2. The summed E-state index contributed by atoms with van der Waals surface area (Å²) in [6.45, 7) is 1.85. The molecule has 0 saturated heterocycles. The first-order valence-corrected chi connectivity index (χ1v) is 6.82. The largest absolute Gasteiger partial charge is 0.383 e. The van der Waals surface area contributed by atoms with Crippen LogP contribution in [0.4, 0.5) is 16.2 Å². The predicted octanol–water partition coefficient (Wildman–Crippen LogP) is 2.33. The lowest BCUT2D eigenvalue weighted by atomic mass is 10.1. The molecule has 6 heteroatoms. The van der Waals surface area contributed by atoms with Gasteiger partial charge in [0.25, 0.3) is 0 Å². The second-order valence-electron chi connectivity index (χ2n) is 4.45. The van der Waals surface area contributed by atoms with Gasteiger partial charge in [0.1, 0.15) is 11.6 Å². The molecule has 112 valence electrons.